The lowest BCUT2D eigenvalue weighted by molar-refractivity contribution is -0.873. The van der Waals surface area contributed by atoms with Gasteiger partial charge < -0.3 is 24.2 Å². The molecule has 134 valence electrons. The van der Waals surface area contributed by atoms with Crippen molar-refractivity contribution in [1.82, 2.24) is 0 Å². The van der Waals surface area contributed by atoms with E-state index in [4.69, 9.17) is 9.84 Å². The van der Waals surface area contributed by atoms with Gasteiger partial charge in [0.2, 0.25) is 0 Å². The van der Waals surface area contributed by atoms with Gasteiger partial charge in [0.25, 0.3) is 0 Å². The number of carbonyl (C=O) groups excluding carboxylic acids is 2. The number of esters is 1. The van der Waals surface area contributed by atoms with Crippen LogP contribution in [0.3, 0.4) is 0 Å². The van der Waals surface area contributed by atoms with Crippen molar-refractivity contribution in [3.05, 3.63) is 36.5 Å². The third kappa shape index (κ3) is 14.5. The maximum atomic E-state index is 11.7. The Morgan fingerprint density at radius 2 is 1.75 bits per heavy atom. The second-order valence-electron chi connectivity index (χ2n) is 6.20. The van der Waals surface area contributed by atoms with Crippen molar-refractivity contribution in [2.45, 2.75) is 25.4 Å². The molecule has 1 unspecified atom stereocenters. The van der Waals surface area contributed by atoms with Crippen molar-refractivity contribution in [3.63, 3.8) is 0 Å². The summed E-state index contributed by atoms with van der Waals surface area (Å²) in [4.78, 5) is 32.7. The lowest BCUT2D eigenvalue weighted by atomic mass is 10.2. The summed E-state index contributed by atoms with van der Waals surface area (Å²) in [5.41, 5.74) is 0. The molecule has 0 aromatic rings. The van der Waals surface area contributed by atoms with Gasteiger partial charge in [0.15, 0.2) is 6.10 Å². The summed E-state index contributed by atoms with van der Waals surface area (Å²) >= 11 is 0. The van der Waals surface area contributed by atoms with E-state index in [1.54, 1.807) is 24.3 Å². The largest absolute Gasteiger partial charge is 0.550 e. The highest BCUT2D eigenvalue weighted by Gasteiger charge is 2.21. The van der Waals surface area contributed by atoms with Gasteiger partial charge in [0.05, 0.1) is 27.6 Å². The first-order valence-electron chi connectivity index (χ1n) is 7.51. The van der Waals surface area contributed by atoms with E-state index in [0.29, 0.717) is 17.4 Å². The Kier molecular flexibility index (Phi) is 10.1. The molecule has 0 saturated heterocycles. The van der Waals surface area contributed by atoms with Crippen LogP contribution in [0.15, 0.2) is 36.5 Å². The maximum absolute atomic E-state index is 11.7. The number of hydrogen-bond acceptors (Lipinski definition) is 5. The first-order chi connectivity index (χ1) is 11.1. The van der Waals surface area contributed by atoms with Gasteiger partial charge in [-0.3, -0.25) is 4.79 Å². The number of nitrogens with zero attached hydrogens (tertiary/aromatic N) is 1. The predicted octanol–water partition coefficient (Wildman–Crippen LogP) is 0.278. The van der Waals surface area contributed by atoms with Gasteiger partial charge in [-0.2, -0.15) is 0 Å². The third-order valence-electron chi connectivity index (χ3n) is 2.64. The first kappa shape index (κ1) is 21.6. The Labute approximate surface area is 142 Å². The molecule has 0 bridgehead atoms. The summed E-state index contributed by atoms with van der Waals surface area (Å²) in [7, 11) is 5.62. The number of hydrogen-bond donors (Lipinski definition) is 1. The number of allylic oxidation sites excluding steroid dienone is 4. The Hall–Kier alpha value is -2.41. The monoisotopic (exact) mass is 339 g/mol. The molecule has 0 heterocycles. The van der Waals surface area contributed by atoms with Crippen LogP contribution in [0.4, 0.5) is 0 Å². The van der Waals surface area contributed by atoms with Gasteiger partial charge in [-0.1, -0.05) is 30.4 Å². The van der Waals surface area contributed by atoms with Gasteiger partial charge in [-0.25, -0.2) is 4.79 Å². The highest BCUT2D eigenvalue weighted by atomic mass is 16.5. The summed E-state index contributed by atoms with van der Waals surface area (Å²) in [6.45, 7) is 0.374. The lowest BCUT2D eigenvalue weighted by Gasteiger charge is -2.29. The van der Waals surface area contributed by atoms with E-state index in [-0.39, 0.29) is 12.8 Å². The number of carbonyl (C=O) groups is 3. The van der Waals surface area contributed by atoms with Crippen molar-refractivity contribution in [3.8, 4) is 0 Å². The Morgan fingerprint density at radius 1 is 1.12 bits per heavy atom. The van der Waals surface area contributed by atoms with E-state index in [1.807, 2.05) is 21.1 Å². The Balaban J connectivity index is 4.28. The zero-order valence-electron chi connectivity index (χ0n) is 14.3. The minimum absolute atomic E-state index is 0.0238. The molecule has 0 aliphatic heterocycles. The zero-order chi connectivity index (χ0) is 18.6. The fraction of sp³-hybridized carbons (Fsp3) is 0.471. The first-order valence-corrected chi connectivity index (χ1v) is 7.51. The molecule has 7 heteroatoms. The summed E-state index contributed by atoms with van der Waals surface area (Å²) in [5.74, 6) is -2.76. The molecule has 0 aliphatic carbocycles. The summed E-state index contributed by atoms with van der Waals surface area (Å²) in [6, 6.07) is 0. The van der Waals surface area contributed by atoms with Crippen LogP contribution in [-0.4, -0.2) is 61.3 Å². The third-order valence-corrected chi connectivity index (χ3v) is 2.64. The minimum Gasteiger partial charge on any atom is -0.550 e. The predicted molar refractivity (Wildman–Crippen MR) is 86.7 cm³/mol. The van der Waals surface area contributed by atoms with Crippen molar-refractivity contribution >= 4 is 17.9 Å². The van der Waals surface area contributed by atoms with E-state index < -0.39 is 24.0 Å². The molecule has 24 heavy (non-hydrogen) atoms. The fourth-order valence-electron chi connectivity index (χ4n) is 1.82. The topological polar surface area (TPSA) is 104 Å². The van der Waals surface area contributed by atoms with Crippen molar-refractivity contribution in [2.24, 2.45) is 0 Å². The highest BCUT2D eigenvalue weighted by molar-refractivity contribution is 5.79. The number of quaternary nitrogens is 1. The minimum atomic E-state index is -1.26. The zero-order valence-corrected chi connectivity index (χ0v) is 14.3. The number of ether oxygens (including phenoxy) is 1. The Bertz CT molecular complexity index is 514. The summed E-state index contributed by atoms with van der Waals surface area (Å²) < 4.78 is 5.65. The second-order valence-corrected chi connectivity index (χ2v) is 6.20. The lowest BCUT2D eigenvalue weighted by Crippen LogP contribution is -2.45. The second kappa shape index (κ2) is 11.2. The average molecular weight is 339 g/mol. The van der Waals surface area contributed by atoms with E-state index in [2.05, 4.69) is 0 Å². The number of carboxylic acid groups (broad SMARTS) is 2. The number of rotatable bonds is 11. The van der Waals surface area contributed by atoms with E-state index in [0.717, 1.165) is 6.08 Å². The molecular weight excluding hydrogens is 314 g/mol. The molecule has 0 fully saturated rings. The summed E-state index contributed by atoms with van der Waals surface area (Å²) in [5, 5.41) is 19.1. The normalized spacial score (nSPS) is 13.6. The van der Waals surface area contributed by atoms with Gasteiger partial charge in [-0.05, 0) is 6.42 Å². The molecule has 0 aromatic carbocycles. The van der Waals surface area contributed by atoms with Crippen LogP contribution in [0, 0.1) is 0 Å². The van der Waals surface area contributed by atoms with Crippen LogP contribution in [0.2, 0.25) is 0 Å². The van der Waals surface area contributed by atoms with Crippen LogP contribution in [0.25, 0.3) is 0 Å². The van der Waals surface area contributed by atoms with Crippen LogP contribution in [0.5, 0.6) is 0 Å². The van der Waals surface area contributed by atoms with Crippen LogP contribution >= 0.6 is 0 Å². The Morgan fingerprint density at radius 3 is 2.29 bits per heavy atom. The number of carboxylic acids is 2. The molecule has 0 amide bonds. The maximum Gasteiger partial charge on any atom is 0.327 e. The molecule has 0 rings (SSSR count). The molecule has 0 spiro atoms. The number of aliphatic carboxylic acids is 2. The van der Waals surface area contributed by atoms with Gasteiger partial charge in [-0.15, -0.1) is 0 Å². The van der Waals surface area contributed by atoms with Crippen LogP contribution in [-0.2, 0) is 19.1 Å². The fourth-order valence-corrected chi connectivity index (χ4v) is 1.82. The van der Waals surface area contributed by atoms with Gasteiger partial charge in [0.1, 0.15) is 6.54 Å². The van der Waals surface area contributed by atoms with E-state index in [1.165, 1.54) is 6.08 Å². The van der Waals surface area contributed by atoms with Gasteiger partial charge in [0, 0.05) is 18.5 Å². The van der Waals surface area contributed by atoms with Crippen LogP contribution in [0.1, 0.15) is 19.3 Å². The molecule has 0 radical (unpaired) electrons. The molecule has 7 nitrogen and oxygen atoms in total. The van der Waals surface area contributed by atoms with E-state index in [9.17, 15) is 19.5 Å². The highest BCUT2D eigenvalue weighted by Crippen LogP contribution is 2.06. The van der Waals surface area contributed by atoms with Crippen molar-refractivity contribution in [1.29, 1.82) is 0 Å². The molecule has 0 saturated carbocycles. The van der Waals surface area contributed by atoms with Crippen LogP contribution < -0.4 is 5.11 Å². The molecule has 0 aromatic heterocycles. The average Bonchev–Trinajstić information content (AvgIpc) is 2.38. The van der Waals surface area contributed by atoms with Gasteiger partial charge >= 0.3 is 11.9 Å². The van der Waals surface area contributed by atoms with E-state index >= 15 is 0 Å². The molecule has 1 N–H and O–H groups in total. The molecule has 1 atom stereocenters. The van der Waals surface area contributed by atoms with Crippen molar-refractivity contribution in [2.75, 3.05) is 27.7 Å². The number of likely N-dealkylation sites (N-methyl/N-ethyl adjacent to an activating group) is 1. The standard InChI is InChI=1S/C17H25NO6/c1-18(2,3)13-14(12-16(21)22)24-17(23)11-9-7-5-4-6-8-10-15(19)20/h4-5,7-10,14H,6,11-13H2,1-3H3,(H-,19,20,21,22)/b5-4+,9-7+,10-8+. The quantitative estimate of drug-likeness (QED) is 0.251. The SMILES string of the molecule is C[N+](C)(C)CC(CC(=O)[O-])OC(=O)C/C=C/C=C/C/C=C/C(=O)O. The smallest absolute Gasteiger partial charge is 0.327 e. The summed E-state index contributed by atoms with van der Waals surface area (Å²) in [6.07, 6.45) is 8.63. The molecule has 0 aliphatic rings. The molecular formula is C17H25NO6. The van der Waals surface area contributed by atoms with Crippen molar-refractivity contribution < 1.29 is 33.8 Å².